The quantitative estimate of drug-likeness (QED) is 0.236. The zero-order chi connectivity index (χ0) is 26.4. The number of nitrogens with one attached hydrogen (secondary N) is 1. The van der Waals surface area contributed by atoms with E-state index < -0.39 is 32.8 Å². The number of ether oxygens (including phenoxy) is 1. The van der Waals surface area contributed by atoms with Gasteiger partial charge in [-0.1, -0.05) is 25.1 Å². The normalized spacial score (nSPS) is 17.7. The standard InChI is InChI=1S/C25H28F3IN6O2/c1-2-34-9-11-35(12-10-34)15-18-3-6-19(13-21(18)25(26,27)28)32-23(36)16-37-20-7-4-17(5-8-20)22-14-31-24(30)33-29-22/h3-8,13-14H,2,9-12,15-16H2,1H3,(H,32,36)(H2,30,31,33)/p+1. The van der Waals surface area contributed by atoms with E-state index in [-0.39, 0.29) is 36.3 Å². The van der Waals surface area contributed by atoms with Gasteiger partial charge in [0, 0.05) is 72.1 Å². The fourth-order valence-corrected chi connectivity index (χ4v) is 5.54. The molecule has 0 unspecified atom stereocenters. The molecule has 2 aliphatic rings. The molecule has 2 aliphatic heterocycles. The second-order valence-electron chi connectivity index (χ2n) is 8.60. The molecule has 0 radical (unpaired) electrons. The van der Waals surface area contributed by atoms with E-state index in [1.165, 1.54) is 6.07 Å². The molecule has 0 bridgehead atoms. The van der Waals surface area contributed by atoms with Crippen molar-refractivity contribution in [3.8, 4) is 5.75 Å². The topological polar surface area (TPSA) is 101 Å². The van der Waals surface area contributed by atoms with Crippen LogP contribution >= 0.6 is 21.0 Å². The summed E-state index contributed by atoms with van der Waals surface area (Å²) in [5.74, 6) is 0.490. The lowest BCUT2D eigenvalue weighted by atomic mass is 10.0. The lowest BCUT2D eigenvalue weighted by Gasteiger charge is -2.34. The van der Waals surface area contributed by atoms with E-state index in [1.54, 1.807) is 24.4 Å². The molecular weight excluding hydrogens is 600 g/mol. The molecule has 4 N–H and O–H groups in total. The first-order valence-electron chi connectivity index (χ1n) is 11.8. The average Bonchev–Trinajstić information content (AvgIpc) is 2.89. The fourth-order valence-electron chi connectivity index (χ4n) is 4.00. The maximum Gasteiger partial charge on any atom is 0.416 e. The molecule has 0 aliphatic carbocycles. The van der Waals surface area contributed by atoms with Crippen molar-refractivity contribution in [1.29, 1.82) is 0 Å². The molecule has 1 fully saturated rings. The summed E-state index contributed by atoms with van der Waals surface area (Å²) in [6, 6.07) is 11.2. The number of rotatable bonds is 8. The van der Waals surface area contributed by atoms with Gasteiger partial charge < -0.3 is 20.5 Å². The van der Waals surface area contributed by atoms with E-state index >= 15 is 0 Å². The van der Waals surface area contributed by atoms with Gasteiger partial charge in [0.2, 0.25) is 18.3 Å². The number of nitrogens with two attached hydrogens (primary N) is 1. The Hall–Kier alpha value is -2.84. The molecule has 1 saturated heterocycles. The van der Waals surface area contributed by atoms with Crippen molar-refractivity contribution in [3.05, 3.63) is 65.4 Å². The van der Waals surface area contributed by atoms with Gasteiger partial charge in [0.25, 0.3) is 0 Å². The van der Waals surface area contributed by atoms with Crippen LogP contribution in [-0.2, 0) is 12.7 Å². The highest BCUT2D eigenvalue weighted by Crippen LogP contribution is 2.34. The molecular formula is C25H29F3IN6O2+. The highest BCUT2D eigenvalue weighted by atomic mass is 127. The molecule has 2 heterocycles. The number of aliphatic hydroxyl groups excluding tert-OH is 1. The molecule has 8 nitrogen and oxygen atoms in total. The minimum Gasteiger partial charge on any atom is -0.479 e. The maximum absolute atomic E-state index is 13.8. The van der Waals surface area contributed by atoms with Crippen LogP contribution in [0.5, 0.6) is 5.75 Å². The third kappa shape index (κ3) is 7.58. The minimum absolute atomic E-state index is 0.139. The number of aliphatic hydroxyl groups is 1. The maximum atomic E-state index is 13.8. The summed E-state index contributed by atoms with van der Waals surface area (Å²) >= 11 is -0.599. The number of nitrogens with zero attached hydrogens (tertiary/aromatic N) is 4. The predicted molar refractivity (Wildman–Crippen MR) is 145 cm³/mol. The van der Waals surface area contributed by atoms with Gasteiger partial charge in [-0.15, -0.1) is 0 Å². The molecule has 37 heavy (non-hydrogen) atoms. The van der Waals surface area contributed by atoms with Crippen LogP contribution in [0, 0.1) is 0 Å². The largest absolute Gasteiger partial charge is 0.479 e. The number of hydrogen-bond donors (Lipinski definition) is 3. The number of benzene rings is 2. The van der Waals surface area contributed by atoms with Crippen LogP contribution < -0.4 is 15.5 Å². The number of guanidine groups is 1. The van der Waals surface area contributed by atoms with Gasteiger partial charge in [-0.05, 0) is 29.8 Å². The van der Waals surface area contributed by atoms with Gasteiger partial charge in [0.05, 0.1) is 9.14 Å². The molecule has 0 atom stereocenters. The average molecular weight is 629 g/mol. The van der Waals surface area contributed by atoms with Crippen LogP contribution in [0.4, 0.5) is 18.9 Å². The zero-order valence-corrected chi connectivity index (χ0v) is 22.5. The van der Waals surface area contributed by atoms with E-state index in [0.29, 0.717) is 5.75 Å². The summed E-state index contributed by atoms with van der Waals surface area (Å²) in [6.45, 7) is 6.19. The van der Waals surface area contributed by atoms with Crippen molar-refractivity contribution in [2.45, 2.75) is 19.6 Å². The van der Waals surface area contributed by atoms with Gasteiger partial charge >= 0.3 is 12.1 Å². The Morgan fingerprint density at radius 3 is 2.43 bits per heavy atom. The Morgan fingerprint density at radius 2 is 1.81 bits per heavy atom. The first kappa shape index (κ1) is 27.2. The van der Waals surface area contributed by atoms with Crippen LogP contribution in [0.1, 0.15) is 23.6 Å². The van der Waals surface area contributed by atoms with Crippen molar-refractivity contribution >= 4 is 42.2 Å². The fraction of sp³-hybridized carbons (Fsp3) is 0.360. The van der Waals surface area contributed by atoms with Crippen LogP contribution in [0.15, 0.2) is 56.8 Å². The van der Waals surface area contributed by atoms with Gasteiger partial charge in [0.1, 0.15) is 5.75 Å². The second kappa shape index (κ2) is 12.1. The zero-order valence-electron chi connectivity index (χ0n) is 20.3. The van der Waals surface area contributed by atoms with E-state index in [9.17, 15) is 18.3 Å². The Bertz CT molecular complexity index is 1220. The van der Waals surface area contributed by atoms with Crippen LogP contribution in [0.25, 0.3) is 3.58 Å². The van der Waals surface area contributed by atoms with Gasteiger partial charge in [0.15, 0.2) is 0 Å². The number of likely N-dealkylation sites (N-methyl/N-ethyl adjacent to an activating group) is 1. The number of piperazine rings is 1. The number of alkyl halides is 3. The van der Waals surface area contributed by atoms with Crippen molar-refractivity contribution in [2.24, 2.45) is 13.9 Å². The number of hydrogen-bond acceptors (Lipinski definition) is 6. The Labute approximate surface area is 223 Å². The summed E-state index contributed by atoms with van der Waals surface area (Å²) in [5, 5.41) is 10.3. The first-order chi connectivity index (χ1) is 17.7. The lowest BCUT2D eigenvalue weighted by molar-refractivity contribution is -0.368. The summed E-state index contributed by atoms with van der Waals surface area (Å²) in [7, 11) is 0. The van der Waals surface area contributed by atoms with Crippen LogP contribution in [-0.4, -0.2) is 66.1 Å². The highest BCUT2D eigenvalue weighted by Gasteiger charge is 2.35. The third-order valence-electron chi connectivity index (χ3n) is 6.05. The van der Waals surface area contributed by atoms with E-state index in [2.05, 4.69) is 25.0 Å². The van der Waals surface area contributed by atoms with Crippen LogP contribution in [0.3, 0.4) is 0 Å². The number of halogens is 4. The molecule has 12 heteroatoms. The molecule has 0 aromatic heterocycles. The van der Waals surface area contributed by atoms with E-state index in [0.717, 1.165) is 47.9 Å². The predicted octanol–water partition coefficient (Wildman–Crippen LogP) is 3.37. The summed E-state index contributed by atoms with van der Waals surface area (Å²) < 4.78 is 52.2. The van der Waals surface area contributed by atoms with Crippen molar-refractivity contribution < 1.29 is 28.0 Å². The summed E-state index contributed by atoms with van der Waals surface area (Å²) in [6.07, 6.45) is -2.80. The molecule has 4 rings (SSSR count). The SMILES string of the molecule is CCN1CCN(Cc2ccc([NH+]=C(O)COc3ccc(C4=CN=C(N)N=I4)cc3)cc2C(F)(F)F)CC1. The summed E-state index contributed by atoms with van der Waals surface area (Å²) in [5.41, 5.74) is 6.16. The molecule has 2 aromatic carbocycles. The highest BCUT2D eigenvalue weighted by molar-refractivity contribution is 14.2. The van der Waals surface area contributed by atoms with Crippen molar-refractivity contribution in [2.75, 3.05) is 39.3 Å². The van der Waals surface area contributed by atoms with Crippen molar-refractivity contribution in [1.82, 2.24) is 9.80 Å². The lowest BCUT2D eigenvalue weighted by Crippen LogP contribution is -2.68. The van der Waals surface area contributed by atoms with Gasteiger partial charge in [-0.3, -0.25) is 4.90 Å². The molecule has 0 spiro atoms. The van der Waals surface area contributed by atoms with E-state index in [4.69, 9.17) is 10.5 Å². The second-order valence-corrected chi connectivity index (χ2v) is 10.7. The Balaban J connectivity index is 1.39. The monoisotopic (exact) mass is 629 g/mol. The first-order valence-corrected chi connectivity index (χ1v) is 13.8. The molecule has 0 saturated carbocycles. The Morgan fingerprint density at radius 1 is 1.11 bits per heavy atom. The molecule has 198 valence electrons. The Kier molecular flexibility index (Phi) is 8.92. The smallest absolute Gasteiger partial charge is 0.416 e. The van der Waals surface area contributed by atoms with Gasteiger partial charge in [-0.25, -0.2) is 4.99 Å². The summed E-state index contributed by atoms with van der Waals surface area (Å²) in [4.78, 5) is 11.0. The van der Waals surface area contributed by atoms with Gasteiger partial charge in [-0.2, -0.15) is 21.3 Å². The van der Waals surface area contributed by atoms with Crippen LogP contribution in [0.2, 0.25) is 0 Å². The minimum atomic E-state index is -4.51. The molecule has 2 aromatic rings. The van der Waals surface area contributed by atoms with Crippen molar-refractivity contribution in [3.63, 3.8) is 0 Å². The number of aliphatic imine (C=N–C) groups is 1. The third-order valence-corrected chi connectivity index (χ3v) is 8.20. The molecule has 0 amide bonds. The van der Waals surface area contributed by atoms with E-state index in [1.807, 2.05) is 17.0 Å².